The van der Waals surface area contributed by atoms with E-state index in [-0.39, 0.29) is 5.82 Å². The smallest absolute Gasteiger partial charge is 0.387 e. The minimum Gasteiger partial charge on any atom is -0.619 e. The zero-order chi connectivity index (χ0) is 28.9. The lowest BCUT2D eigenvalue weighted by Crippen LogP contribution is -2.28. The second-order valence-corrected chi connectivity index (χ2v) is 9.52. The normalized spacial score (nSPS) is 12.4. The molecule has 6 nitrogen and oxygen atoms in total. The SMILES string of the molecule is CC(C)(Nc1ccc(C(Cc2cc[n+]([O-])cc2)c2ccc(OC(F)F)c(OC(F)F)c2)cn1)c1ccc(F)cc1. The number of hydrogen-bond acceptors (Lipinski definition) is 5. The molecule has 0 aliphatic carbocycles. The maximum Gasteiger partial charge on any atom is 0.387 e. The van der Waals surface area contributed by atoms with E-state index in [0.717, 1.165) is 17.2 Å². The van der Waals surface area contributed by atoms with Gasteiger partial charge in [0.25, 0.3) is 0 Å². The van der Waals surface area contributed by atoms with Crippen LogP contribution in [0.3, 0.4) is 0 Å². The molecule has 40 heavy (non-hydrogen) atoms. The topological polar surface area (TPSA) is 70.3 Å². The Morgan fingerprint density at radius 2 is 1.48 bits per heavy atom. The molecule has 11 heteroatoms. The van der Waals surface area contributed by atoms with Gasteiger partial charge in [-0.25, -0.2) is 9.37 Å². The molecule has 0 aliphatic heterocycles. The fraction of sp³-hybridized carbons (Fsp3) is 0.241. The molecule has 0 aliphatic rings. The number of pyridine rings is 2. The van der Waals surface area contributed by atoms with E-state index in [0.29, 0.717) is 28.1 Å². The molecule has 1 atom stereocenters. The van der Waals surface area contributed by atoms with Crippen molar-refractivity contribution < 1.29 is 36.2 Å². The Hall–Kier alpha value is -4.41. The van der Waals surface area contributed by atoms with Crippen molar-refractivity contribution in [3.05, 3.63) is 119 Å². The maximum atomic E-state index is 13.4. The number of halogens is 5. The Bertz CT molecular complexity index is 1400. The standard InChI is InChI=1S/C29H26F5N3O3/c1-29(2,21-5-7-22(30)8-6-21)36-26-10-4-20(17-35-26)23(15-18-11-13-37(38)14-12-18)19-3-9-24(39-27(31)32)25(16-19)40-28(33)34/h3-14,16-17,23,27-28H,15H2,1-2H3,(H,35,36). The highest BCUT2D eigenvalue weighted by molar-refractivity contribution is 5.48. The summed E-state index contributed by atoms with van der Waals surface area (Å²) in [6.07, 6.45) is 4.61. The number of nitrogens with one attached hydrogen (secondary N) is 1. The van der Waals surface area contributed by atoms with Gasteiger partial charge in [-0.2, -0.15) is 22.3 Å². The second kappa shape index (κ2) is 12.2. The van der Waals surface area contributed by atoms with E-state index >= 15 is 0 Å². The van der Waals surface area contributed by atoms with E-state index in [2.05, 4.69) is 19.8 Å². The van der Waals surface area contributed by atoms with Crippen molar-refractivity contribution in [2.75, 3.05) is 5.32 Å². The lowest BCUT2D eigenvalue weighted by atomic mass is 9.86. The molecule has 0 saturated heterocycles. The third kappa shape index (κ3) is 7.37. The van der Waals surface area contributed by atoms with Gasteiger partial charge in [0, 0.05) is 24.2 Å². The number of nitrogens with zero attached hydrogens (tertiary/aromatic N) is 2. The summed E-state index contributed by atoms with van der Waals surface area (Å²) in [5, 5.41) is 14.8. The first-order valence-corrected chi connectivity index (χ1v) is 12.2. The number of benzene rings is 2. The summed E-state index contributed by atoms with van der Waals surface area (Å²) in [5.41, 5.74) is 2.19. The number of anilines is 1. The summed E-state index contributed by atoms with van der Waals surface area (Å²) in [4.78, 5) is 4.52. The highest BCUT2D eigenvalue weighted by atomic mass is 19.3. The molecule has 0 fully saturated rings. The predicted molar refractivity (Wildman–Crippen MR) is 138 cm³/mol. The fourth-order valence-corrected chi connectivity index (χ4v) is 4.31. The molecule has 0 amide bonds. The average Bonchev–Trinajstić information content (AvgIpc) is 2.89. The van der Waals surface area contributed by atoms with Crippen LogP contribution in [-0.4, -0.2) is 18.2 Å². The number of rotatable bonds is 11. The lowest BCUT2D eigenvalue weighted by molar-refractivity contribution is -0.605. The van der Waals surface area contributed by atoms with Crippen LogP contribution in [0.4, 0.5) is 27.8 Å². The third-order valence-electron chi connectivity index (χ3n) is 6.31. The Labute approximate surface area is 227 Å². The van der Waals surface area contributed by atoms with Crippen LogP contribution in [0.5, 0.6) is 11.5 Å². The van der Waals surface area contributed by atoms with Crippen molar-refractivity contribution in [1.82, 2.24) is 4.98 Å². The molecule has 2 aromatic carbocycles. The van der Waals surface area contributed by atoms with Crippen molar-refractivity contribution in [3.63, 3.8) is 0 Å². The number of alkyl halides is 4. The van der Waals surface area contributed by atoms with Gasteiger partial charge in [-0.05, 0) is 72.9 Å². The van der Waals surface area contributed by atoms with Gasteiger partial charge < -0.3 is 20.0 Å². The Kier molecular flexibility index (Phi) is 8.71. The van der Waals surface area contributed by atoms with E-state index in [9.17, 15) is 27.2 Å². The predicted octanol–water partition coefficient (Wildman–Crippen LogP) is 6.78. The van der Waals surface area contributed by atoms with Gasteiger partial charge in [0.05, 0.1) is 5.54 Å². The van der Waals surface area contributed by atoms with Gasteiger partial charge in [0.2, 0.25) is 0 Å². The van der Waals surface area contributed by atoms with E-state index in [1.807, 2.05) is 13.8 Å². The van der Waals surface area contributed by atoms with Crippen LogP contribution < -0.4 is 19.5 Å². The van der Waals surface area contributed by atoms with Crippen LogP contribution in [-0.2, 0) is 12.0 Å². The fourth-order valence-electron chi connectivity index (χ4n) is 4.31. The lowest BCUT2D eigenvalue weighted by Gasteiger charge is -2.28. The van der Waals surface area contributed by atoms with Gasteiger partial charge in [0.15, 0.2) is 23.9 Å². The van der Waals surface area contributed by atoms with Crippen LogP contribution in [0.15, 0.2) is 85.3 Å². The first kappa shape index (κ1) is 28.6. The maximum absolute atomic E-state index is 13.4. The van der Waals surface area contributed by atoms with Crippen molar-refractivity contribution in [3.8, 4) is 11.5 Å². The van der Waals surface area contributed by atoms with E-state index in [4.69, 9.17) is 0 Å². The van der Waals surface area contributed by atoms with Gasteiger partial charge in [-0.15, -0.1) is 0 Å². The molecular formula is C29H26F5N3O3. The Morgan fingerprint density at radius 3 is 2.08 bits per heavy atom. The van der Waals surface area contributed by atoms with Gasteiger partial charge >= 0.3 is 13.2 Å². The van der Waals surface area contributed by atoms with E-state index in [1.165, 1.54) is 36.7 Å². The van der Waals surface area contributed by atoms with Crippen LogP contribution >= 0.6 is 0 Å². The van der Waals surface area contributed by atoms with Gasteiger partial charge in [0.1, 0.15) is 11.6 Å². The minimum atomic E-state index is -3.26. The zero-order valence-corrected chi connectivity index (χ0v) is 21.5. The van der Waals surface area contributed by atoms with Crippen molar-refractivity contribution in [1.29, 1.82) is 0 Å². The summed E-state index contributed by atoms with van der Waals surface area (Å²) in [6.45, 7) is -2.65. The summed E-state index contributed by atoms with van der Waals surface area (Å²) in [6, 6.07) is 16.8. The van der Waals surface area contributed by atoms with Gasteiger partial charge in [-0.1, -0.05) is 24.3 Å². The van der Waals surface area contributed by atoms with Crippen LogP contribution in [0.2, 0.25) is 0 Å². The first-order valence-electron chi connectivity index (χ1n) is 12.2. The quantitative estimate of drug-likeness (QED) is 0.125. The minimum absolute atomic E-state index is 0.333. The molecule has 4 aromatic rings. The summed E-state index contributed by atoms with van der Waals surface area (Å²) < 4.78 is 74.6. The number of ether oxygens (including phenoxy) is 2. The molecule has 1 unspecified atom stereocenters. The van der Waals surface area contributed by atoms with Gasteiger partial charge in [-0.3, -0.25) is 0 Å². The third-order valence-corrected chi connectivity index (χ3v) is 6.31. The van der Waals surface area contributed by atoms with E-state index < -0.39 is 36.2 Å². The van der Waals surface area contributed by atoms with Crippen LogP contribution in [0.1, 0.15) is 42.0 Å². The molecule has 210 valence electrons. The highest BCUT2D eigenvalue weighted by Gasteiger charge is 2.23. The van der Waals surface area contributed by atoms with Crippen molar-refractivity contribution >= 4 is 5.82 Å². The van der Waals surface area contributed by atoms with E-state index in [1.54, 1.807) is 42.6 Å². The highest BCUT2D eigenvalue weighted by Crippen LogP contribution is 2.37. The number of aromatic nitrogens is 2. The summed E-state index contributed by atoms with van der Waals surface area (Å²) in [5.74, 6) is -1.34. The van der Waals surface area contributed by atoms with Crippen molar-refractivity contribution in [2.45, 2.75) is 44.9 Å². The molecular weight excluding hydrogens is 533 g/mol. The molecule has 2 aromatic heterocycles. The molecule has 0 bridgehead atoms. The number of hydrogen-bond donors (Lipinski definition) is 1. The van der Waals surface area contributed by atoms with Crippen LogP contribution in [0, 0.1) is 11.0 Å². The molecule has 0 spiro atoms. The molecule has 0 radical (unpaired) electrons. The average molecular weight is 560 g/mol. The molecule has 2 heterocycles. The van der Waals surface area contributed by atoms with Crippen molar-refractivity contribution in [2.24, 2.45) is 0 Å². The monoisotopic (exact) mass is 559 g/mol. The molecule has 4 rings (SSSR count). The Balaban J connectivity index is 1.67. The molecule has 1 N–H and O–H groups in total. The van der Waals surface area contributed by atoms with Crippen LogP contribution in [0.25, 0.3) is 0 Å². The zero-order valence-electron chi connectivity index (χ0n) is 21.5. The molecule has 0 saturated carbocycles. The first-order chi connectivity index (χ1) is 19.0. The second-order valence-electron chi connectivity index (χ2n) is 9.52. The largest absolute Gasteiger partial charge is 0.619 e. The summed E-state index contributed by atoms with van der Waals surface area (Å²) >= 11 is 0. The Morgan fingerprint density at radius 1 is 0.850 bits per heavy atom. The summed E-state index contributed by atoms with van der Waals surface area (Å²) in [7, 11) is 0.